The summed E-state index contributed by atoms with van der Waals surface area (Å²) in [6.07, 6.45) is 0. The number of pyridine rings is 1. The zero-order valence-electron chi connectivity index (χ0n) is 13.7. The molecule has 7 heteroatoms. The summed E-state index contributed by atoms with van der Waals surface area (Å²) in [5.74, 6) is 0.357. The minimum absolute atomic E-state index is 0.0159. The Morgan fingerprint density at radius 1 is 1.04 bits per heavy atom. The minimum atomic E-state index is -0.308. The highest BCUT2D eigenvalue weighted by Crippen LogP contribution is 2.21. The molecule has 0 aliphatic heterocycles. The lowest BCUT2D eigenvalue weighted by Crippen LogP contribution is -2.12. The van der Waals surface area contributed by atoms with E-state index < -0.39 is 0 Å². The van der Waals surface area contributed by atoms with Gasteiger partial charge in [-0.2, -0.15) is 0 Å². The van der Waals surface area contributed by atoms with Crippen LogP contribution in [0.25, 0.3) is 0 Å². The molecule has 0 spiro atoms. The van der Waals surface area contributed by atoms with E-state index in [0.29, 0.717) is 27.9 Å². The van der Waals surface area contributed by atoms with E-state index in [0.717, 1.165) is 5.69 Å². The highest BCUT2D eigenvalue weighted by molar-refractivity contribution is 7.14. The summed E-state index contributed by atoms with van der Waals surface area (Å²) in [5, 5.41) is 8.11. The van der Waals surface area contributed by atoms with Crippen LogP contribution < -0.4 is 10.6 Å². The fraction of sp³-hybridized carbons (Fsp3) is 0.111. The van der Waals surface area contributed by atoms with E-state index in [1.54, 1.807) is 29.6 Å². The maximum atomic E-state index is 12.3. The molecule has 3 rings (SSSR count). The Morgan fingerprint density at radius 3 is 2.48 bits per heavy atom. The van der Waals surface area contributed by atoms with E-state index in [2.05, 4.69) is 20.6 Å². The number of aryl methyl sites for hydroxylation is 1. The number of carbonyl (C=O) groups excluding carboxylic acids is 2. The minimum Gasteiger partial charge on any atom is -0.321 e. The zero-order chi connectivity index (χ0) is 17.8. The number of hydrogen-bond acceptors (Lipinski definition) is 6. The smallest absolute Gasteiger partial charge is 0.275 e. The van der Waals surface area contributed by atoms with E-state index in [-0.39, 0.29) is 11.7 Å². The van der Waals surface area contributed by atoms with Crippen LogP contribution in [0.15, 0.2) is 47.8 Å². The third kappa shape index (κ3) is 4.27. The van der Waals surface area contributed by atoms with Crippen LogP contribution in [0.4, 0.5) is 16.6 Å². The summed E-state index contributed by atoms with van der Waals surface area (Å²) in [4.78, 5) is 32.2. The first kappa shape index (κ1) is 16.8. The second-order valence-corrected chi connectivity index (χ2v) is 6.27. The first-order valence-corrected chi connectivity index (χ1v) is 8.48. The van der Waals surface area contributed by atoms with Gasteiger partial charge in [-0.3, -0.25) is 9.59 Å². The normalized spacial score (nSPS) is 10.3. The second-order valence-electron chi connectivity index (χ2n) is 5.41. The van der Waals surface area contributed by atoms with Gasteiger partial charge in [0, 0.05) is 22.3 Å². The highest BCUT2D eigenvalue weighted by atomic mass is 32.1. The molecule has 0 bridgehead atoms. The Bertz CT molecular complexity index is 919. The Labute approximate surface area is 149 Å². The molecule has 126 valence electrons. The number of hydrogen-bond donors (Lipinski definition) is 2. The molecule has 0 aliphatic rings. The van der Waals surface area contributed by atoms with Crippen molar-refractivity contribution in [1.29, 1.82) is 0 Å². The van der Waals surface area contributed by atoms with Crippen molar-refractivity contribution in [2.45, 2.75) is 13.8 Å². The average molecular weight is 352 g/mol. The van der Waals surface area contributed by atoms with E-state index in [4.69, 9.17) is 0 Å². The van der Waals surface area contributed by atoms with Crippen molar-refractivity contribution in [2.24, 2.45) is 0 Å². The molecule has 0 radical (unpaired) electrons. The Balaban J connectivity index is 1.67. The SMILES string of the molecule is CC(=O)c1ccc(NC(=O)c2csc(Nc3cccc(C)n3)n2)cc1. The van der Waals surface area contributed by atoms with E-state index >= 15 is 0 Å². The van der Waals surface area contributed by atoms with Gasteiger partial charge in [-0.25, -0.2) is 9.97 Å². The maximum Gasteiger partial charge on any atom is 0.275 e. The largest absolute Gasteiger partial charge is 0.321 e. The van der Waals surface area contributed by atoms with Crippen molar-refractivity contribution in [3.8, 4) is 0 Å². The summed E-state index contributed by atoms with van der Waals surface area (Å²) in [7, 11) is 0. The van der Waals surface area contributed by atoms with Gasteiger partial charge in [0.2, 0.25) is 0 Å². The van der Waals surface area contributed by atoms with Gasteiger partial charge in [0.05, 0.1) is 0 Å². The number of rotatable bonds is 5. The number of nitrogens with zero attached hydrogens (tertiary/aromatic N) is 2. The molecule has 0 fully saturated rings. The maximum absolute atomic E-state index is 12.3. The molecule has 0 saturated heterocycles. The fourth-order valence-corrected chi connectivity index (χ4v) is 2.84. The standard InChI is InChI=1S/C18H16N4O2S/c1-11-4-3-5-16(19-11)22-18-21-15(10-25-18)17(24)20-14-8-6-13(7-9-14)12(2)23/h3-10H,1-2H3,(H,20,24)(H,19,21,22). The van der Waals surface area contributed by atoms with Gasteiger partial charge >= 0.3 is 0 Å². The third-order valence-corrected chi connectivity index (χ3v) is 4.17. The van der Waals surface area contributed by atoms with Crippen LogP contribution in [-0.4, -0.2) is 21.7 Å². The quantitative estimate of drug-likeness (QED) is 0.677. The Hall–Kier alpha value is -3.06. The van der Waals surface area contributed by atoms with Crippen LogP contribution in [0.2, 0.25) is 0 Å². The van der Waals surface area contributed by atoms with Gasteiger partial charge in [-0.05, 0) is 50.2 Å². The number of benzene rings is 1. The van der Waals surface area contributed by atoms with E-state index in [9.17, 15) is 9.59 Å². The van der Waals surface area contributed by atoms with Crippen molar-refractivity contribution in [3.05, 3.63) is 64.8 Å². The fourth-order valence-electron chi connectivity index (χ4n) is 2.14. The van der Waals surface area contributed by atoms with Gasteiger partial charge in [0.15, 0.2) is 10.9 Å². The highest BCUT2D eigenvalue weighted by Gasteiger charge is 2.12. The summed E-state index contributed by atoms with van der Waals surface area (Å²) < 4.78 is 0. The van der Waals surface area contributed by atoms with Crippen molar-refractivity contribution in [1.82, 2.24) is 9.97 Å². The lowest BCUT2D eigenvalue weighted by molar-refractivity contribution is 0.101. The molecular formula is C18H16N4O2S. The molecule has 2 N–H and O–H groups in total. The van der Waals surface area contributed by atoms with Crippen LogP contribution in [0, 0.1) is 6.92 Å². The summed E-state index contributed by atoms with van der Waals surface area (Å²) >= 11 is 1.33. The first-order valence-electron chi connectivity index (χ1n) is 7.60. The third-order valence-electron chi connectivity index (χ3n) is 3.41. The number of Topliss-reactive ketones (excluding diaryl/α,β-unsaturated/α-hetero) is 1. The second kappa shape index (κ2) is 7.23. The lowest BCUT2D eigenvalue weighted by Gasteiger charge is -2.04. The molecule has 1 aromatic carbocycles. The van der Waals surface area contributed by atoms with Crippen LogP contribution >= 0.6 is 11.3 Å². The number of anilines is 3. The molecule has 6 nitrogen and oxygen atoms in total. The molecule has 2 heterocycles. The summed E-state index contributed by atoms with van der Waals surface area (Å²) in [6, 6.07) is 12.4. The summed E-state index contributed by atoms with van der Waals surface area (Å²) in [6.45, 7) is 3.41. The lowest BCUT2D eigenvalue weighted by atomic mass is 10.1. The topological polar surface area (TPSA) is 84.0 Å². The van der Waals surface area contributed by atoms with Gasteiger partial charge in [0.1, 0.15) is 11.5 Å². The Morgan fingerprint density at radius 2 is 1.80 bits per heavy atom. The number of nitrogens with one attached hydrogen (secondary N) is 2. The number of thiazole rings is 1. The van der Waals surface area contributed by atoms with Crippen molar-refractivity contribution in [2.75, 3.05) is 10.6 Å². The van der Waals surface area contributed by atoms with E-state index in [1.807, 2.05) is 25.1 Å². The number of amides is 1. The molecule has 0 saturated carbocycles. The predicted molar refractivity (Wildman–Crippen MR) is 98.8 cm³/mol. The first-order chi connectivity index (χ1) is 12.0. The molecular weight excluding hydrogens is 336 g/mol. The predicted octanol–water partition coefficient (Wildman–Crippen LogP) is 4.05. The molecule has 25 heavy (non-hydrogen) atoms. The van der Waals surface area contributed by atoms with Crippen molar-refractivity contribution in [3.63, 3.8) is 0 Å². The average Bonchev–Trinajstić information content (AvgIpc) is 3.04. The molecule has 3 aromatic rings. The molecule has 0 unspecified atom stereocenters. The molecule has 0 atom stereocenters. The zero-order valence-corrected chi connectivity index (χ0v) is 14.6. The van der Waals surface area contributed by atoms with Gasteiger partial charge in [-0.1, -0.05) is 6.07 Å². The van der Waals surface area contributed by atoms with Crippen molar-refractivity contribution >= 4 is 39.7 Å². The summed E-state index contributed by atoms with van der Waals surface area (Å²) in [5.41, 5.74) is 2.42. The monoisotopic (exact) mass is 352 g/mol. The van der Waals surface area contributed by atoms with Crippen LogP contribution in [0.5, 0.6) is 0 Å². The van der Waals surface area contributed by atoms with E-state index in [1.165, 1.54) is 18.3 Å². The Kier molecular flexibility index (Phi) is 4.85. The molecule has 1 amide bonds. The van der Waals surface area contributed by atoms with Gasteiger partial charge in [-0.15, -0.1) is 11.3 Å². The van der Waals surface area contributed by atoms with Crippen molar-refractivity contribution < 1.29 is 9.59 Å². The van der Waals surface area contributed by atoms with Gasteiger partial charge in [0.25, 0.3) is 5.91 Å². The number of carbonyl (C=O) groups is 2. The van der Waals surface area contributed by atoms with Crippen LogP contribution in [0.3, 0.4) is 0 Å². The van der Waals surface area contributed by atoms with Crippen LogP contribution in [0.1, 0.15) is 33.5 Å². The van der Waals surface area contributed by atoms with Crippen LogP contribution in [-0.2, 0) is 0 Å². The molecule has 2 aromatic heterocycles. The number of ketones is 1. The van der Waals surface area contributed by atoms with Gasteiger partial charge < -0.3 is 10.6 Å². The molecule has 0 aliphatic carbocycles. The number of aromatic nitrogens is 2.